The number of nitrogens with zero attached hydrogens (tertiary/aromatic N) is 2. The van der Waals surface area contributed by atoms with Gasteiger partial charge in [-0.15, -0.1) is 0 Å². The number of carbonyl (C=O) groups excluding carboxylic acids is 2. The second-order valence-corrected chi connectivity index (χ2v) is 7.75. The molecule has 1 amide bonds. The number of methoxy groups -OCH3 is 1. The number of esters is 1. The average molecular weight is 423 g/mol. The Morgan fingerprint density at radius 3 is 2.16 bits per heavy atom. The summed E-state index contributed by atoms with van der Waals surface area (Å²) in [6.07, 6.45) is 1.82. The van der Waals surface area contributed by atoms with Gasteiger partial charge in [0, 0.05) is 12.6 Å². The maximum Gasteiger partial charge on any atom is 0.328 e. The number of para-hydroxylation sites is 2. The summed E-state index contributed by atoms with van der Waals surface area (Å²) < 4.78 is 4.97. The summed E-state index contributed by atoms with van der Waals surface area (Å²) in [7, 11) is 1.31. The first-order valence-electron chi connectivity index (χ1n) is 10.4. The van der Waals surface area contributed by atoms with Crippen molar-refractivity contribution in [3.63, 3.8) is 0 Å². The van der Waals surface area contributed by atoms with Gasteiger partial charge in [0.05, 0.1) is 29.8 Å². The quantitative estimate of drug-likeness (QED) is 0.496. The first-order valence-corrected chi connectivity index (χ1v) is 10.4. The summed E-state index contributed by atoms with van der Waals surface area (Å²) in [6.45, 7) is 0. The fraction of sp³-hybridized carbons (Fsp3) is 0.154. The molecule has 1 aromatic heterocycles. The van der Waals surface area contributed by atoms with Crippen molar-refractivity contribution in [3.8, 4) is 11.1 Å². The van der Waals surface area contributed by atoms with Crippen LogP contribution in [0.5, 0.6) is 0 Å². The Bertz CT molecular complexity index is 1290. The molecule has 1 aliphatic rings. The van der Waals surface area contributed by atoms with E-state index in [2.05, 4.69) is 15.3 Å². The lowest BCUT2D eigenvalue weighted by Crippen LogP contribution is -2.45. The van der Waals surface area contributed by atoms with Gasteiger partial charge < -0.3 is 10.1 Å². The number of rotatable bonds is 5. The molecule has 0 saturated heterocycles. The zero-order chi connectivity index (χ0) is 22.1. The second kappa shape index (κ2) is 8.23. The molecule has 3 aromatic carbocycles. The minimum Gasteiger partial charge on any atom is -0.467 e. The Labute approximate surface area is 185 Å². The second-order valence-electron chi connectivity index (χ2n) is 7.75. The number of hydrogen-bond acceptors (Lipinski definition) is 5. The molecule has 32 heavy (non-hydrogen) atoms. The highest BCUT2D eigenvalue weighted by atomic mass is 16.5. The summed E-state index contributed by atoms with van der Waals surface area (Å²) in [5.41, 5.74) is 6.05. The van der Waals surface area contributed by atoms with E-state index in [1.807, 2.05) is 72.8 Å². The number of aromatic nitrogens is 2. The first-order chi connectivity index (χ1) is 15.7. The van der Waals surface area contributed by atoms with Crippen molar-refractivity contribution in [2.45, 2.75) is 18.4 Å². The monoisotopic (exact) mass is 423 g/mol. The van der Waals surface area contributed by atoms with E-state index in [0.29, 0.717) is 5.69 Å². The van der Waals surface area contributed by atoms with Crippen LogP contribution in [0, 0.1) is 0 Å². The number of carbonyl (C=O) groups is 2. The Hall–Kier alpha value is -4.06. The van der Waals surface area contributed by atoms with Crippen molar-refractivity contribution >= 4 is 22.9 Å². The van der Waals surface area contributed by atoms with Crippen LogP contribution in [-0.2, 0) is 20.7 Å². The van der Waals surface area contributed by atoms with Crippen molar-refractivity contribution in [1.82, 2.24) is 15.3 Å². The molecule has 1 N–H and O–H groups in total. The van der Waals surface area contributed by atoms with Gasteiger partial charge in [-0.1, -0.05) is 60.7 Å². The Morgan fingerprint density at radius 2 is 1.50 bits per heavy atom. The molecule has 158 valence electrons. The van der Waals surface area contributed by atoms with E-state index in [1.165, 1.54) is 7.11 Å². The zero-order valence-electron chi connectivity index (χ0n) is 17.5. The highest BCUT2D eigenvalue weighted by Crippen LogP contribution is 2.44. The molecule has 4 aromatic rings. The van der Waals surface area contributed by atoms with Gasteiger partial charge in [0.1, 0.15) is 6.04 Å². The Balaban J connectivity index is 1.44. The SMILES string of the molecule is COC(=O)[C@@H](Cc1cnc2ccccc2n1)NC(=O)C1c2ccccc2-c2ccccc21. The van der Waals surface area contributed by atoms with Crippen LogP contribution >= 0.6 is 0 Å². The van der Waals surface area contributed by atoms with Crippen LogP contribution in [-0.4, -0.2) is 35.0 Å². The highest BCUT2D eigenvalue weighted by molar-refractivity contribution is 5.97. The van der Waals surface area contributed by atoms with Gasteiger partial charge in [0.15, 0.2) is 0 Å². The molecule has 5 rings (SSSR count). The number of amides is 1. The third-order valence-corrected chi connectivity index (χ3v) is 5.81. The standard InChI is InChI=1S/C26H21N3O3/c1-32-26(31)23(14-16-15-27-21-12-6-7-13-22(21)28-16)29-25(30)24-19-10-4-2-8-17(19)18-9-3-5-11-20(18)24/h2-13,15,23-24H,14H2,1H3,(H,29,30)/t23-/m1/s1. The molecule has 0 saturated carbocycles. The molecule has 0 spiro atoms. The van der Waals surface area contributed by atoms with Crippen LogP contribution in [0.3, 0.4) is 0 Å². The molecule has 6 nitrogen and oxygen atoms in total. The minimum absolute atomic E-state index is 0.187. The predicted octanol–water partition coefficient (Wildman–Crippen LogP) is 3.64. The lowest BCUT2D eigenvalue weighted by molar-refractivity contribution is -0.145. The summed E-state index contributed by atoms with van der Waals surface area (Å²) >= 11 is 0. The molecular weight excluding hydrogens is 402 g/mol. The van der Waals surface area contributed by atoms with E-state index in [-0.39, 0.29) is 12.3 Å². The van der Waals surface area contributed by atoms with Crippen molar-refractivity contribution in [1.29, 1.82) is 0 Å². The topological polar surface area (TPSA) is 81.2 Å². The van der Waals surface area contributed by atoms with Gasteiger partial charge in [-0.3, -0.25) is 9.78 Å². The zero-order valence-corrected chi connectivity index (χ0v) is 17.5. The average Bonchev–Trinajstić information content (AvgIpc) is 3.17. The van der Waals surface area contributed by atoms with Gasteiger partial charge in [-0.05, 0) is 34.4 Å². The summed E-state index contributed by atoms with van der Waals surface area (Å²) in [6, 6.07) is 22.4. The van der Waals surface area contributed by atoms with Crippen molar-refractivity contribution in [2.24, 2.45) is 0 Å². The van der Waals surface area contributed by atoms with Crippen molar-refractivity contribution in [3.05, 3.63) is 95.8 Å². The summed E-state index contributed by atoms with van der Waals surface area (Å²) in [5, 5.41) is 2.91. The summed E-state index contributed by atoms with van der Waals surface area (Å²) in [5.74, 6) is -1.25. The minimum atomic E-state index is -0.872. The third kappa shape index (κ3) is 3.50. The van der Waals surface area contributed by atoms with Crippen molar-refractivity contribution < 1.29 is 14.3 Å². The summed E-state index contributed by atoms with van der Waals surface area (Å²) in [4.78, 5) is 35.0. The predicted molar refractivity (Wildman–Crippen MR) is 121 cm³/mol. The third-order valence-electron chi connectivity index (χ3n) is 5.81. The van der Waals surface area contributed by atoms with Gasteiger partial charge in [-0.25, -0.2) is 9.78 Å². The first kappa shape index (κ1) is 19.9. The maximum absolute atomic E-state index is 13.4. The van der Waals surface area contributed by atoms with Crippen LogP contribution in [0.2, 0.25) is 0 Å². The lowest BCUT2D eigenvalue weighted by Gasteiger charge is -2.20. The van der Waals surface area contributed by atoms with Gasteiger partial charge in [0.25, 0.3) is 0 Å². The molecule has 0 radical (unpaired) electrons. The number of fused-ring (bicyclic) bond motifs is 4. The van der Waals surface area contributed by atoms with E-state index in [0.717, 1.165) is 33.3 Å². The van der Waals surface area contributed by atoms with E-state index in [4.69, 9.17) is 4.74 Å². The van der Waals surface area contributed by atoms with Crippen LogP contribution in [0.25, 0.3) is 22.2 Å². The Morgan fingerprint density at radius 1 is 0.906 bits per heavy atom. The van der Waals surface area contributed by atoms with Crippen LogP contribution in [0.15, 0.2) is 79.0 Å². The van der Waals surface area contributed by atoms with Crippen LogP contribution in [0.4, 0.5) is 0 Å². The number of nitrogens with one attached hydrogen (secondary N) is 1. The molecule has 0 bridgehead atoms. The lowest BCUT2D eigenvalue weighted by atomic mass is 9.95. The number of benzene rings is 3. The number of ether oxygens (including phenoxy) is 1. The van der Waals surface area contributed by atoms with E-state index >= 15 is 0 Å². The van der Waals surface area contributed by atoms with E-state index in [9.17, 15) is 9.59 Å². The highest BCUT2D eigenvalue weighted by Gasteiger charge is 2.35. The smallest absolute Gasteiger partial charge is 0.328 e. The number of hydrogen-bond donors (Lipinski definition) is 1. The Kier molecular flexibility index (Phi) is 5.11. The van der Waals surface area contributed by atoms with Crippen LogP contribution in [0.1, 0.15) is 22.7 Å². The molecule has 0 unspecified atom stereocenters. The molecule has 1 heterocycles. The van der Waals surface area contributed by atoms with Crippen molar-refractivity contribution in [2.75, 3.05) is 7.11 Å². The van der Waals surface area contributed by atoms with E-state index < -0.39 is 17.9 Å². The normalized spacial score (nSPS) is 13.3. The fourth-order valence-electron chi connectivity index (χ4n) is 4.33. The molecule has 0 fully saturated rings. The molecule has 1 atom stereocenters. The molecule has 6 heteroatoms. The largest absolute Gasteiger partial charge is 0.467 e. The van der Waals surface area contributed by atoms with E-state index in [1.54, 1.807) is 6.20 Å². The molecule has 0 aliphatic heterocycles. The van der Waals surface area contributed by atoms with Gasteiger partial charge >= 0.3 is 5.97 Å². The van der Waals surface area contributed by atoms with Gasteiger partial charge in [-0.2, -0.15) is 0 Å². The maximum atomic E-state index is 13.4. The van der Waals surface area contributed by atoms with Crippen LogP contribution < -0.4 is 5.32 Å². The fourth-order valence-corrected chi connectivity index (χ4v) is 4.33. The molecular formula is C26H21N3O3. The van der Waals surface area contributed by atoms with Gasteiger partial charge in [0.2, 0.25) is 5.91 Å². The molecule has 1 aliphatic carbocycles.